The smallest absolute Gasteiger partial charge is 0.272 e. The molecule has 21 heavy (non-hydrogen) atoms. The third-order valence-electron chi connectivity index (χ3n) is 2.23. The molecule has 0 amide bonds. The predicted molar refractivity (Wildman–Crippen MR) is 80.7 cm³/mol. The monoisotopic (exact) mass is 393 g/mol. The molecular weight excluding hydrogens is 389 g/mol. The van der Waals surface area contributed by atoms with Gasteiger partial charge in [-0.2, -0.15) is 4.98 Å². The van der Waals surface area contributed by atoms with Crippen molar-refractivity contribution in [2.45, 2.75) is 0 Å². The summed E-state index contributed by atoms with van der Waals surface area (Å²) < 4.78 is 5.89. The number of non-ortho nitro benzene ring substituents is 1. The van der Waals surface area contributed by atoms with E-state index in [1.54, 1.807) is 0 Å². The topological polar surface area (TPSA) is 116 Å². The lowest BCUT2D eigenvalue weighted by Gasteiger charge is -2.10. The predicted octanol–water partition coefficient (Wildman–Crippen LogP) is 3.53. The molecule has 1 aromatic carbocycles. The number of benzene rings is 1. The van der Waals surface area contributed by atoms with E-state index >= 15 is 0 Å². The van der Waals surface area contributed by atoms with Crippen molar-refractivity contribution in [1.29, 1.82) is 0 Å². The number of nitro groups is 1. The van der Waals surface area contributed by atoms with Gasteiger partial charge in [0.1, 0.15) is 0 Å². The molecule has 8 nitrogen and oxygen atoms in total. The van der Waals surface area contributed by atoms with Gasteiger partial charge in [-0.15, -0.1) is 0 Å². The lowest BCUT2D eigenvalue weighted by Crippen LogP contribution is -2.10. The Kier molecular flexibility index (Phi) is 4.78. The molecule has 1 heterocycles. The van der Waals surface area contributed by atoms with Crippen LogP contribution in [0.3, 0.4) is 0 Å². The first-order valence-electron chi connectivity index (χ1n) is 5.23. The van der Waals surface area contributed by atoms with Crippen molar-refractivity contribution in [1.82, 2.24) is 9.97 Å². The summed E-state index contributed by atoms with van der Waals surface area (Å²) in [5.41, 5.74) is 2.01. The van der Waals surface area contributed by atoms with Gasteiger partial charge >= 0.3 is 0 Å². The maximum atomic E-state index is 10.7. The van der Waals surface area contributed by atoms with Crippen LogP contribution >= 0.6 is 39.1 Å². The van der Waals surface area contributed by atoms with Crippen molar-refractivity contribution in [3.63, 3.8) is 0 Å². The molecule has 2 rings (SSSR count). The number of hydrogen-bond donors (Lipinski definition) is 2. The van der Waals surface area contributed by atoms with Gasteiger partial charge in [0.15, 0.2) is 5.75 Å². The summed E-state index contributed by atoms with van der Waals surface area (Å²) in [6, 6.07) is 2.25. The Morgan fingerprint density at radius 2 is 2.00 bits per heavy atom. The first-order chi connectivity index (χ1) is 9.92. The van der Waals surface area contributed by atoms with Gasteiger partial charge in [-0.05, 0) is 15.9 Å². The summed E-state index contributed by atoms with van der Waals surface area (Å²) in [7, 11) is 0. The van der Waals surface area contributed by atoms with Crippen LogP contribution in [-0.4, -0.2) is 14.9 Å². The molecule has 0 spiro atoms. The molecule has 0 bridgehead atoms. The molecular formula is C10H6BrCl2N5O3. The molecule has 0 saturated heterocycles. The Morgan fingerprint density at radius 3 is 2.52 bits per heavy atom. The molecule has 110 valence electrons. The standard InChI is InChI=1S/C10H6BrCl2N5O3/c11-5-3-15-10(17-14)16-9(5)21-8-6(12)1-4(18(19)20)2-7(8)13/h1-3H,14H2,(H,15,16,17). The van der Waals surface area contributed by atoms with Crippen molar-refractivity contribution >= 4 is 50.8 Å². The zero-order valence-electron chi connectivity index (χ0n) is 10.0. The van der Waals surface area contributed by atoms with Gasteiger partial charge in [0.25, 0.3) is 5.69 Å². The molecule has 0 aliphatic heterocycles. The highest BCUT2D eigenvalue weighted by Gasteiger charge is 2.18. The summed E-state index contributed by atoms with van der Waals surface area (Å²) in [4.78, 5) is 17.9. The highest BCUT2D eigenvalue weighted by atomic mass is 79.9. The van der Waals surface area contributed by atoms with Gasteiger partial charge in [0, 0.05) is 12.1 Å². The van der Waals surface area contributed by atoms with Crippen molar-refractivity contribution in [2.75, 3.05) is 5.43 Å². The van der Waals surface area contributed by atoms with Gasteiger partial charge < -0.3 is 4.74 Å². The number of nitrogens with one attached hydrogen (secondary N) is 1. The number of nitrogen functional groups attached to an aromatic ring is 1. The summed E-state index contributed by atoms with van der Waals surface area (Å²) in [6.45, 7) is 0. The molecule has 0 fully saturated rings. The van der Waals surface area contributed by atoms with Crippen LogP contribution in [0.1, 0.15) is 0 Å². The van der Waals surface area contributed by atoms with Crippen LogP contribution in [0.5, 0.6) is 11.6 Å². The Balaban J connectivity index is 2.42. The summed E-state index contributed by atoms with van der Waals surface area (Å²) in [6.07, 6.45) is 1.41. The van der Waals surface area contributed by atoms with E-state index in [0.717, 1.165) is 12.1 Å². The van der Waals surface area contributed by atoms with Gasteiger partial charge in [-0.3, -0.25) is 15.5 Å². The van der Waals surface area contributed by atoms with E-state index in [9.17, 15) is 10.1 Å². The normalized spacial score (nSPS) is 10.3. The third-order valence-corrected chi connectivity index (χ3v) is 3.34. The van der Waals surface area contributed by atoms with E-state index in [-0.39, 0.29) is 33.3 Å². The Bertz CT molecular complexity index is 692. The van der Waals surface area contributed by atoms with Crippen LogP contribution < -0.4 is 16.0 Å². The molecule has 11 heteroatoms. The van der Waals surface area contributed by atoms with Crippen molar-refractivity contribution < 1.29 is 9.66 Å². The third kappa shape index (κ3) is 3.50. The second-order valence-corrected chi connectivity index (χ2v) is 5.26. The summed E-state index contributed by atoms with van der Waals surface area (Å²) >= 11 is 15.1. The largest absolute Gasteiger partial charge is 0.435 e. The van der Waals surface area contributed by atoms with Crippen LogP contribution in [0, 0.1) is 10.1 Å². The SMILES string of the molecule is NNc1ncc(Br)c(Oc2c(Cl)cc([N+](=O)[O-])cc2Cl)n1. The zero-order chi connectivity index (χ0) is 15.6. The van der Waals surface area contributed by atoms with E-state index in [1.807, 2.05) is 0 Å². The summed E-state index contributed by atoms with van der Waals surface area (Å²) in [5.74, 6) is 5.44. The zero-order valence-corrected chi connectivity index (χ0v) is 13.1. The van der Waals surface area contributed by atoms with Crippen LogP contribution in [0.4, 0.5) is 11.6 Å². The van der Waals surface area contributed by atoms with Crippen LogP contribution in [0.2, 0.25) is 10.0 Å². The summed E-state index contributed by atoms with van der Waals surface area (Å²) in [5, 5.41) is 10.7. The van der Waals surface area contributed by atoms with Crippen LogP contribution in [-0.2, 0) is 0 Å². The number of hydrogen-bond acceptors (Lipinski definition) is 7. The molecule has 0 aliphatic carbocycles. The molecule has 3 N–H and O–H groups in total. The van der Waals surface area contributed by atoms with Gasteiger partial charge in [0.2, 0.25) is 11.8 Å². The maximum absolute atomic E-state index is 10.7. The first-order valence-corrected chi connectivity index (χ1v) is 6.77. The highest BCUT2D eigenvalue weighted by Crippen LogP contribution is 2.40. The number of nitro benzene ring substituents is 1. The van der Waals surface area contributed by atoms with Crippen molar-refractivity contribution in [3.8, 4) is 11.6 Å². The quantitative estimate of drug-likeness (QED) is 0.462. The molecule has 0 atom stereocenters. The average Bonchev–Trinajstić information content (AvgIpc) is 2.44. The van der Waals surface area contributed by atoms with Gasteiger partial charge in [-0.1, -0.05) is 23.2 Å². The van der Waals surface area contributed by atoms with E-state index < -0.39 is 4.92 Å². The number of hydrazine groups is 1. The van der Waals surface area contributed by atoms with Crippen molar-refractivity contribution in [2.24, 2.45) is 5.84 Å². The number of rotatable bonds is 4. The molecule has 1 aromatic heterocycles. The second kappa shape index (κ2) is 6.39. The fraction of sp³-hybridized carbons (Fsp3) is 0. The first kappa shape index (κ1) is 15.7. The maximum Gasteiger partial charge on any atom is 0.272 e. The fourth-order valence-electron chi connectivity index (χ4n) is 1.34. The number of halogens is 3. The second-order valence-electron chi connectivity index (χ2n) is 3.59. The average molecular weight is 395 g/mol. The van der Waals surface area contributed by atoms with Crippen LogP contribution in [0.15, 0.2) is 22.8 Å². The highest BCUT2D eigenvalue weighted by molar-refractivity contribution is 9.10. The molecule has 0 saturated carbocycles. The number of ether oxygens (including phenoxy) is 1. The minimum absolute atomic E-state index is 0.0260. The fourth-order valence-corrected chi connectivity index (χ4v) is 2.16. The minimum atomic E-state index is -0.613. The Hall–Kier alpha value is -1.68. The molecule has 0 unspecified atom stereocenters. The minimum Gasteiger partial charge on any atom is -0.435 e. The number of nitrogens with two attached hydrogens (primary N) is 1. The molecule has 0 radical (unpaired) electrons. The van der Waals surface area contributed by atoms with E-state index in [2.05, 4.69) is 31.3 Å². The van der Waals surface area contributed by atoms with E-state index in [0.29, 0.717) is 4.47 Å². The lowest BCUT2D eigenvalue weighted by molar-refractivity contribution is -0.384. The number of nitrogens with zero attached hydrogens (tertiary/aromatic N) is 3. The van der Waals surface area contributed by atoms with E-state index in [4.69, 9.17) is 33.8 Å². The van der Waals surface area contributed by atoms with E-state index in [1.165, 1.54) is 6.20 Å². The van der Waals surface area contributed by atoms with Crippen molar-refractivity contribution in [3.05, 3.63) is 43.0 Å². The van der Waals surface area contributed by atoms with Crippen LogP contribution in [0.25, 0.3) is 0 Å². The number of anilines is 1. The van der Waals surface area contributed by atoms with Gasteiger partial charge in [-0.25, -0.2) is 10.8 Å². The Labute approximate surface area is 136 Å². The molecule has 0 aliphatic rings. The Morgan fingerprint density at radius 1 is 1.38 bits per heavy atom. The molecule has 2 aromatic rings. The van der Waals surface area contributed by atoms with Gasteiger partial charge in [0.05, 0.1) is 25.6 Å². The lowest BCUT2D eigenvalue weighted by atomic mass is 10.3. The number of aromatic nitrogens is 2.